The Hall–Kier alpha value is -2.60. The molecular formula is C22H28N4OS. The number of rotatable bonds is 8. The molecule has 5 nitrogen and oxygen atoms in total. The van der Waals surface area contributed by atoms with Crippen LogP contribution in [0.4, 0.5) is 5.69 Å². The maximum Gasteiger partial charge on any atom is 0.173 e. The van der Waals surface area contributed by atoms with Crippen LogP contribution in [0.2, 0.25) is 0 Å². The highest BCUT2D eigenvalue weighted by Gasteiger charge is 2.13. The number of thiocarbonyl (C=S) groups is 1. The number of hydrogen-bond donors (Lipinski definition) is 1. The summed E-state index contributed by atoms with van der Waals surface area (Å²) in [6.07, 6.45) is 6.58. The molecule has 0 amide bonds. The van der Waals surface area contributed by atoms with Crippen molar-refractivity contribution in [3.05, 3.63) is 72.2 Å². The second-order valence-electron chi connectivity index (χ2n) is 7.29. The van der Waals surface area contributed by atoms with E-state index in [0.717, 1.165) is 36.7 Å². The minimum atomic E-state index is 0.517. The van der Waals surface area contributed by atoms with Gasteiger partial charge in [-0.1, -0.05) is 26.0 Å². The average Bonchev–Trinajstić information content (AvgIpc) is 3.33. The van der Waals surface area contributed by atoms with Gasteiger partial charge in [0.15, 0.2) is 5.11 Å². The Labute approximate surface area is 172 Å². The molecule has 0 saturated carbocycles. The molecule has 0 aliphatic rings. The van der Waals surface area contributed by atoms with Gasteiger partial charge in [-0.15, -0.1) is 0 Å². The van der Waals surface area contributed by atoms with Crippen molar-refractivity contribution >= 4 is 23.0 Å². The summed E-state index contributed by atoms with van der Waals surface area (Å²) in [6, 6.07) is 12.5. The molecule has 0 aliphatic carbocycles. The van der Waals surface area contributed by atoms with E-state index in [1.807, 2.05) is 31.6 Å². The standard InChI is InChI=1S/C22H28N4OS/c1-17(2)19-6-8-20(9-7-19)24-22(28)26(15-21-10-5-18(3)27-21)13-4-12-25-14-11-23-16-25/h5-11,14,16-17H,4,12-13,15H2,1-3H3,(H,24,28). The fraction of sp³-hybridized carbons (Fsp3) is 0.364. The van der Waals surface area contributed by atoms with Crippen molar-refractivity contribution < 1.29 is 4.42 Å². The van der Waals surface area contributed by atoms with E-state index < -0.39 is 0 Å². The number of aromatic nitrogens is 2. The summed E-state index contributed by atoms with van der Waals surface area (Å²) in [4.78, 5) is 6.25. The fourth-order valence-electron chi connectivity index (χ4n) is 3.03. The monoisotopic (exact) mass is 396 g/mol. The second kappa shape index (κ2) is 9.55. The maximum absolute atomic E-state index is 5.76. The van der Waals surface area contributed by atoms with Crippen LogP contribution in [0.5, 0.6) is 0 Å². The molecule has 2 aromatic heterocycles. The van der Waals surface area contributed by atoms with Gasteiger partial charge >= 0.3 is 0 Å². The van der Waals surface area contributed by atoms with E-state index in [-0.39, 0.29) is 0 Å². The average molecular weight is 397 g/mol. The largest absolute Gasteiger partial charge is 0.464 e. The molecule has 2 heterocycles. The molecule has 0 spiro atoms. The molecule has 0 saturated heterocycles. The summed E-state index contributed by atoms with van der Waals surface area (Å²) in [5.74, 6) is 2.35. The van der Waals surface area contributed by atoms with Crippen molar-refractivity contribution in [1.82, 2.24) is 14.5 Å². The molecule has 0 atom stereocenters. The zero-order valence-corrected chi connectivity index (χ0v) is 17.6. The van der Waals surface area contributed by atoms with Gasteiger partial charge in [-0.25, -0.2) is 4.98 Å². The van der Waals surface area contributed by atoms with E-state index in [9.17, 15) is 0 Å². The first kappa shape index (κ1) is 20.1. The van der Waals surface area contributed by atoms with E-state index in [0.29, 0.717) is 17.6 Å². The summed E-state index contributed by atoms with van der Waals surface area (Å²) in [7, 11) is 0. The van der Waals surface area contributed by atoms with Crippen LogP contribution in [-0.2, 0) is 13.1 Å². The van der Waals surface area contributed by atoms with Crippen LogP contribution < -0.4 is 5.32 Å². The van der Waals surface area contributed by atoms with Gasteiger partial charge in [0, 0.05) is 31.2 Å². The highest BCUT2D eigenvalue weighted by molar-refractivity contribution is 7.80. The quantitative estimate of drug-likeness (QED) is 0.531. The second-order valence-corrected chi connectivity index (χ2v) is 7.68. The van der Waals surface area contributed by atoms with Crippen LogP contribution >= 0.6 is 12.2 Å². The number of nitrogens with one attached hydrogen (secondary N) is 1. The zero-order valence-electron chi connectivity index (χ0n) is 16.8. The molecule has 6 heteroatoms. The lowest BCUT2D eigenvalue weighted by Crippen LogP contribution is -2.35. The lowest BCUT2D eigenvalue weighted by Gasteiger charge is -2.25. The van der Waals surface area contributed by atoms with E-state index in [2.05, 4.69) is 57.9 Å². The van der Waals surface area contributed by atoms with Gasteiger partial charge in [0.1, 0.15) is 11.5 Å². The molecule has 3 aromatic rings. The first-order valence-corrected chi connectivity index (χ1v) is 10.1. The number of hydrogen-bond acceptors (Lipinski definition) is 3. The summed E-state index contributed by atoms with van der Waals surface area (Å²) >= 11 is 5.72. The number of imidazole rings is 1. The Morgan fingerprint density at radius 3 is 2.61 bits per heavy atom. The molecule has 3 rings (SSSR count). The van der Waals surface area contributed by atoms with Gasteiger partial charge in [0.05, 0.1) is 12.9 Å². The highest BCUT2D eigenvalue weighted by atomic mass is 32.1. The SMILES string of the molecule is Cc1ccc(CN(CCCn2ccnc2)C(=S)Nc2ccc(C(C)C)cc2)o1. The minimum absolute atomic E-state index is 0.517. The predicted molar refractivity (Wildman–Crippen MR) is 117 cm³/mol. The van der Waals surface area contributed by atoms with Gasteiger partial charge < -0.3 is 19.2 Å². The smallest absolute Gasteiger partial charge is 0.173 e. The lowest BCUT2D eigenvalue weighted by molar-refractivity contribution is 0.348. The highest BCUT2D eigenvalue weighted by Crippen LogP contribution is 2.18. The first-order chi connectivity index (χ1) is 13.5. The molecule has 0 aliphatic heterocycles. The van der Waals surface area contributed by atoms with Crippen LogP contribution in [0.15, 0.2) is 59.5 Å². The van der Waals surface area contributed by atoms with E-state index in [1.165, 1.54) is 5.56 Å². The van der Waals surface area contributed by atoms with Gasteiger partial charge in [-0.2, -0.15) is 0 Å². The predicted octanol–water partition coefficient (Wildman–Crippen LogP) is 5.20. The number of furan rings is 1. The Morgan fingerprint density at radius 1 is 1.21 bits per heavy atom. The van der Waals surface area contributed by atoms with Crippen molar-refractivity contribution in [3.63, 3.8) is 0 Å². The van der Waals surface area contributed by atoms with Crippen LogP contribution in [0.25, 0.3) is 0 Å². The van der Waals surface area contributed by atoms with Gasteiger partial charge in [0.2, 0.25) is 0 Å². The van der Waals surface area contributed by atoms with Gasteiger partial charge in [-0.05, 0) is 61.3 Å². The molecule has 0 unspecified atom stereocenters. The summed E-state index contributed by atoms with van der Waals surface area (Å²) < 4.78 is 7.84. The molecule has 0 bridgehead atoms. The third-order valence-corrected chi connectivity index (χ3v) is 5.02. The van der Waals surface area contributed by atoms with Crippen LogP contribution in [-0.4, -0.2) is 26.1 Å². The van der Waals surface area contributed by atoms with Crippen LogP contribution in [0, 0.1) is 6.92 Å². The Kier molecular flexibility index (Phi) is 6.87. The van der Waals surface area contributed by atoms with Crippen molar-refractivity contribution in [2.45, 2.75) is 46.2 Å². The van der Waals surface area contributed by atoms with Gasteiger partial charge in [-0.3, -0.25) is 0 Å². The molecule has 1 aromatic carbocycles. The third kappa shape index (κ3) is 5.70. The zero-order chi connectivity index (χ0) is 19.9. The van der Waals surface area contributed by atoms with Crippen molar-refractivity contribution in [2.24, 2.45) is 0 Å². The molecule has 1 N–H and O–H groups in total. The minimum Gasteiger partial charge on any atom is -0.464 e. The normalized spacial score (nSPS) is 11.0. The van der Waals surface area contributed by atoms with E-state index in [1.54, 1.807) is 6.20 Å². The van der Waals surface area contributed by atoms with Crippen LogP contribution in [0.1, 0.15) is 43.3 Å². The third-order valence-electron chi connectivity index (χ3n) is 4.66. The van der Waals surface area contributed by atoms with Crippen molar-refractivity contribution in [3.8, 4) is 0 Å². The molecule has 28 heavy (non-hydrogen) atoms. The molecule has 0 fully saturated rings. The maximum atomic E-state index is 5.76. The topological polar surface area (TPSA) is 46.2 Å². The van der Waals surface area contributed by atoms with E-state index >= 15 is 0 Å². The van der Waals surface area contributed by atoms with Crippen LogP contribution in [0.3, 0.4) is 0 Å². The number of aryl methyl sites for hydroxylation is 2. The summed E-state index contributed by atoms with van der Waals surface area (Å²) in [5.41, 5.74) is 2.32. The summed E-state index contributed by atoms with van der Waals surface area (Å²) in [5, 5.41) is 4.08. The Bertz CT molecular complexity index is 868. The Morgan fingerprint density at radius 2 is 2.00 bits per heavy atom. The fourth-order valence-corrected chi connectivity index (χ4v) is 3.30. The molecular weight excluding hydrogens is 368 g/mol. The van der Waals surface area contributed by atoms with Gasteiger partial charge in [0.25, 0.3) is 0 Å². The lowest BCUT2D eigenvalue weighted by atomic mass is 10.0. The Balaban J connectivity index is 1.64. The molecule has 148 valence electrons. The first-order valence-electron chi connectivity index (χ1n) is 9.68. The molecule has 0 radical (unpaired) electrons. The number of nitrogens with zero attached hydrogens (tertiary/aromatic N) is 3. The summed E-state index contributed by atoms with van der Waals surface area (Å²) in [6.45, 7) is 8.72. The van der Waals surface area contributed by atoms with E-state index in [4.69, 9.17) is 16.6 Å². The van der Waals surface area contributed by atoms with Crippen molar-refractivity contribution in [1.29, 1.82) is 0 Å². The number of benzene rings is 1. The number of anilines is 1. The van der Waals surface area contributed by atoms with Crippen molar-refractivity contribution in [2.75, 3.05) is 11.9 Å².